The van der Waals surface area contributed by atoms with E-state index in [0.29, 0.717) is 15.9 Å². The predicted molar refractivity (Wildman–Crippen MR) is 78.7 cm³/mol. The molecule has 0 aliphatic heterocycles. The van der Waals surface area contributed by atoms with Gasteiger partial charge in [0.25, 0.3) is 5.91 Å². The second kappa shape index (κ2) is 5.66. The lowest BCUT2D eigenvalue weighted by Crippen LogP contribution is -2.33. The Labute approximate surface area is 124 Å². The Balaban J connectivity index is 2.32. The fourth-order valence-electron chi connectivity index (χ4n) is 1.84. The first-order valence-electron chi connectivity index (χ1n) is 6.11. The zero-order chi connectivity index (χ0) is 14.9. The summed E-state index contributed by atoms with van der Waals surface area (Å²) >= 11 is 3.19. The number of nitrogens with zero attached hydrogens (tertiary/aromatic N) is 1. The number of H-pyrrole nitrogens is 1. The van der Waals surface area contributed by atoms with Crippen LogP contribution in [0.25, 0.3) is 0 Å². The second-order valence-electron chi connectivity index (χ2n) is 4.58. The molecule has 0 radical (unpaired) electrons. The van der Waals surface area contributed by atoms with Crippen LogP contribution >= 0.6 is 15.9 Å². The molecule has 20 heavy (non-hydrogen) atoms. The van der Waals surface area contributed by atoms with E-state index >= 15 is 0 Å². The number of carbonyl (C=O) groups is 1. The lowest BCUT2D eigenvalue weighted by Gasteiger charge is -2.23. The van der Waals surface area contributed by atoms with Gasteiger partial charge in [-0.05, 0) is 41.9 Å². The first-order chi connectivity index (χ1) is 9.43. The molecule has 0 fully saturated rings. The summed E-state index contributed by atoms with van der Waals surface area (Å²) in [6, 6.07) is 3.31. The van der Waals surface area contributed by atoms with Crippen molar-refractivity contribution in [2.45, 2.75) is 19.9 Å². The lowest BCUT2D eigenvalue weighted by molar-refractivity contribution is 0.0724. The molecule has 0 aromatic carbocycles. The van der Waals surface area contributed by atoms with Gasteiger partial charge in [0.15, 0.2) is 0 Å². The number of pyridine rings is 1. The molecule has 0 saturated carbocycles. The molecule has 2 rings (SSSR count). The van der Waals surface area contributed by atoms with Crippen LogP contribution in [0.15, 0.2) is 38.3 Å². The van der Waals surface area contributed by atoms with Gasteiger partial charge in [-0.15, -0.1) is 0 Å². The van der Waals surface area contributed by atoms with Gasteiger partial charge >= 0.3 is 0 Å². The van der Waals surface area contributed by atoms with Gasteiger partial charge in [0.05, 0.1) is 16.8 Å². The van der Waals surface area contributed by atoms with Crippen molar-refractivity contribution in [2.75, 3.05) is 7.05 Å². The van der Waals surface area contributed by atoms with Crippen LogP contribution in [0, 0.1) is 6.92 Å². The Kier molecular flexibility index (Phi) is 4.13. The highest BCUT2D eigenvalue weighted by Crippen LogP contribution is 2.20. The third kappa shape index (κ3) is 2.56. The lowest BCUT2D eigenvalue weighted by atomic mass is 10.1. The van der Waals surface area contributed by atoms with Crippen LogP contribution in [0.2, 0.25) is 0 Å². The number of furan rings is 1. The summed E-state index contributed by atoms with van der Waals surface area (Å²) in [6.45, 7) is 3.60. The third-order valence-electron chi connectivity index (χ3n) is 3.29. The van der Waals surface area contributed by atoms with Gasteiger partial charge in [0, 0.05) is 18.9 Å². The minimum absolute atomic E-state index is 0.100. The number of halogens is 1. The van der Waals surface area contributed by atoms with E-state index in [1.165, 1.54) is 11.1 Å². The number of amides is 1. The monoisotopic (exact) mass is 338 g/mol. The summed E-state index contributed by atoms with van der Waals surface area (Å²) in [5.41, 5.74) is 0.474. The molecule has 0 unspecified atom stereocenters. The molecule has 5 nitrogen and oxygen atoms in total. The average Bonchev–Trinajstić information content (AvgIpc) is 2.97. The zero-order valence-corrected chi connectivity index (χ0v) is 13.0. The van der Waals surface area contributed by atoms with E-state index < -0.39 is 0 Å². The highest BCUT2D eigenvalue weighted by atomic mass is 79.9. The molecule has 1 amide bonds. The van der Waals surface area contributed by atoms with Gasteiger partial charge in [0.1, 0.15) is 11.3 Å². The standard InChI is InChI=1S/C14H15BrN2O3/c1-8-12(15)13(18)10(7-16-8)14(19)17(3)9(2)11-5-4-6-20-11/h4-7,9H,1-3H3,(H,16,18)/t9-/m1/s1. The van der Waals surface area contributed by atoms with Crippen LogP contribution in [0.1, 0.15) is 34.8 Å². The number of aromatic amines is 1. The van der Waals surface area contributed by atoms with Crippen molar-refractivity contribution in [2.24, 2.45) is 0 Å². The van der Waals surface area contributed by atoms with Gasteiger partial charge in [-0.1, -0.05) is 0 Å². The van der Waals surface area contributed by atoms with Crippen molar-refractivity contribution >= 4 is 21.8 Å². The first-order valence-corrected chi connectivity index (χ1v) is 6.91. The summed E-state index contributed by atoms with van der Waals surface area (Å²) in [5, 5.41) is 0. The third-order valence-corrected chi connectivity index (χ3v) is 4.25. The smallest absolute Gasteiger partial charge is 0.259 e. The maximum Gasteiger partial charge on any atom is 0.259 e. The van der Waals surface area contributed by atoms with Crippen molar-refractivity contribution in [1.29, 1.82) is 0 Å². The fourth-order valence-corrected chi connectivity index (χ4v) is 2.17. The Morgan fingerprint density at radius 2 is 2.20 bits per heavy atom. The predicted octanol–water partition coefficient (Wildman–Crippen LogP) is 2.87. The maximum absolute atomic E-state index is 12.4. The Hall–Kier alpha value is -1.82. The van der Waals surface area contributed by atoms with Crippen LogP contribution < -0.4 is 5.43 Å². The quantitative estimate of drug-likeness (QED) is 0.935. The molecule has 0 bridgehead atoms. The van der Waals surface area contributed by atoms with Gasteiger partial charge in [-0.2, -0.15) is 0 Å². The molecule has 0 aliphatic rings. The van der Waals surface area contributed by atoms with Gasteiger partial charge in [-0.25, -0.2) is 0 Å². The fraction of sp³-hybridized carbons (Fsp3) is 0.286. The number of aromatic nitrogens is 1. The van der Waals surface area contributed by atoms with E-state index in [4.69, 9.17) is 4.42 Å². The minimum Gasteiger partial charge on any atom is -0.467 e. The van der Waals surface area contributed by atoms with Crippen molar-refractivity contribution in [3.63, 3.8) is 0 Å². The molecule has 0 spiro atoms. The normalized spacial score (nSPS) is 12.2. The summed E-state index contributed by atoms with van der Waals surface area (Å²) in [6.07, 6.45) is 3.00. The van der Waals surface area contributed by atoms with E-state index in [2.05, 4.69) is 20.9 Å². The number of nitrogens with one attached hydrogen (secondary N) is 1. The summed E-state index contributed by atoms with van der Waals surface area (Å²) in [5.74, 6) is 0.319. The Bertz CT molecular complexity index is 676. The van der Waals surface area contributed by atoms with E-state index in [1.807, 2.05) is 6.92 Å². The van der Waals surface area contributed by atoms with E-state index in [1.54, 1.807) is 32.4 Å². The molecule has 2 heterocycles. The largest absolute Gasteiger partial charge is 0.467 e. The van der Waals surface area contributed by atoms with Crippen molar-refractivity contribution in [3.8, 4) is 0 Å². The van der Waals surface area contributed by atoms with Gasteiger partial charge < -0.3 is 14.3 Å². The number of hydrogen-bond donors (Lipinski definition) is 1. The highest BCUT2D eigenvalue weighted by molar-refractivity contribution is 9.10. The van der Waals surface area contributed by atoms with Crippen LogP contribution in [-0.4, -0.2) is 22.8 Å². The number of hydrogen-bond acceptors (Lipinski definition) is 3. The van der Waals surface area contributed by atoms with Gasteiger partial charge in [0.2, 0.25) is 5.43 Å². The summed E-state index contributed by atoms with van der Waals surface area (Å²) < 4.78 is 5.66. The molecule has 1 atom stereocenters. The minimum atomic E-state index is -0.351. The molecule has 2 aromatic heterocycles. The molecule has 0 saturated heterocycles. The van der Waals surface area contributed by atoms with Crippen molar-refractivity contribution < 1.29 is 9.21 Å². The molecule has 6 heteroatoms. The van der Waals surface area contributed by atoms with Crippen LogP contribution in [0.4, 0.5) is 0 Å². The van der Waals surface area contributed by atoms with Crippen molar-refractivity contribution in [1.82, 2.24) is 9.88 Å². The SMILES string of the molecule is Cc1[nH]cc(C(=O)N(C)[C@H](C)c2ccco2)c(=O)c1Br. The van der Waals surface area contributed by atoms with E-state index in [-0.39, 0.29) is 22.9 Å². The maximum atomic E-state index is 12.4. The van der Waals surface area contributed by atoms with E-state index in [9.17, 15) is 9.59 Å². The molecular formula is C14H15BrN2O3. The highest BCUT2D eigenvalue weighted by Gasteiger charge is 2.23. The molecular weight excluding hydrogens is 324 g/mol. The number of carbonyl (C=O) groups excluding carboxylic acids is 1. The number of rotatable bonds is 3. The molecule has 2 aromatic rings. The van der Waals surface area contributed by atoms with Gasteiger partial charge in [-0.3, -0.25) is 9.59 Å². The van der Waals surface area contributed by atoms with Crippen molar-refractivity contribution in [3.05, 3.63) is 56.3 Å². The average molecular weight is 339 g/mol. The summed E-state index contributed by atoms with van der Waals surface area (Å²) in [4.78, 5) is 28.9. The number of aryl methyl sites for hydroxylation is 1. The molecule has 0 aliphatic carbocycles. The first kappa shape index (κ1) is 14.6. The van der Waals surface area contributed by atoms with E-state index in [0.717, 1.165) is 0 Å². The molecule has 106 valence electrons. The Morgan fingerprint density at radius 1 is 1.50 bits per heavy atom. The van der Waals surface area contributed by atoms with Crippen LogP contribution in [-0.2, 0) is 0 Å². The Morgan fingerprint density at radius 3 is 2.80 bits per heavy atom. The summed E-state index contributed by atoms with van der Waals surface area (Å²) in [7, 11) is 1.64. The second-order valence-corrected chi connectivity index (χ2v) is 5.37. The topological polar surface area (TPSA) is 66.3 Å². The van der Waals surface area contributed by atoms with Crippen LogP contribution in [0.3, 0.4) is 0 Å². The zero-order valence-electron chi connectivity index (χ0n) is 11.4. The molecule has 1 N–H and O–H groups in total. The van der Waals surface area contributed by atoms with Crippen LogP contribution in [0.5, 0.6) is 0 Å².